The van der Waals surface area contributed by atoms with E-state index in [9.17, 15) is 19.1 Å². The summed E-state index contributed by atoms with van der Waals surface area (Å²) in [7, 11) is 0. The maximum atomic E-state index is 14.1. The Morgan fingerprint density at radius 2 is 1.78 bits per heavy atom. The van der Waals surface area contributed by atoms with E-state index in [1.165, 1.54) is 21.6 Å². The van der Waals surface area contributed by atoms with E-state index in [0.717, 1.165) is 62.9 Å². The van der Waals surface area contributed by atoms with Crippen molar-refractivity contribution >= 4 is 11.8 Å². The summed E-state index contributed by atoms with van der Waals surface area (Å²) in [6.07, 6.45) is 3.19. The number of aromatic nitrogens is 2. The zero-order chi connectivity index (χ0) is 25.4. The summed E-state index contributed by atoms with van der Waals surface area (Å²) < 4.78 is 15.8. The Morgan fingerprint density at radius 1 is 1.06 bits per heavy atom. The first-order chi connectivity index (χ1) is 17.3. The summed E-state index contributed by atoms with van der Waals surface area (Å²) in [4.78, 5) is 29.9. The number of alkyl halides is 1. The lowest BCUT2D eigenvalue weighted by molar-refractivity contribution is -0.133. The Kier molecular flexibility index (Phi) is 7.15. The second-order valence-electron chi connectivity index (χ2n) is 10.7. The van der Waals surface area contributed by atoms with Crippen LogP contribution in [-0.4, -0.2) is 75.0 Å². The van der Waals surface area contributed by atoms with E-state index >= 15 is 0 Å². The molecule has 194 valence electrons. The molecule has 2 aromatic rings. The van der Waals surface area contributed by atoms with Gasteiger partial charge in [-0.05, 0) is 81.4 Å². The second-order valence-corrected chi connectivity index (χ2v) is 10.7. The molecule has 0 radical (unpaired) electrons. The molecule has 5 rings (SSSR count). The fourth-order valence-corrected chi connectivity index (χ4v) is 6.08. The molecule has 7 nitrogen and oxygen atoms in total. The lowest BCUT2D eigenvalue weighted by atomic mass is 9.85. The van der Waals surface area contributed by atoms with Crippen LogP contribution in [0.5, 0.6) is 0 Å². The van der Waals surface area contributed by atoms with Gasteiger partial charge < -0.3 is 14.9 Å². The molecule has 0 spiro atoms. The third kappa shape index (κ3) is 4.80. The van der Waals surface area contributed by atoms with Gasteiger partial charge in [0.25, 0.3) is 5.91 Å². The Labute approximate surface area is 212 Å². The minimum atomic E-state index is -1.44. The zero-order valence-electron chi connectivity index (χ0n) is 21.4. The van der Waals surface area contributed by atoms with Crippen LogP contribution in [0.3, 0.4) is 0 Å². The number of amides is 2. The molecule has 0 saturated carbocycles. The molecule has 3 aliphatic rings. The van der Waals surface area contributed by atoms with Crippen LogP contribution in [0.15, 0.2) is 18.2 Å². The highest BCUT2D eigenvalue weighted by Gasteiger charge is 2.34. The minimum absolute atomic E-state index is 0.0363. The molecule has 3 heterocycles. The van der Waals surface area contributed by atoms with Gasteiger partial charge in [0.15, 0.2) is 5.69 Å². The van der Waals surface area contributed by atoms with Crippen LogP contribution < -0.4 is 0 Å². The van der Waals surface area contributed by atoms with Crippen LogP contribution in [0.1, 0.15) is 76.5 Å². The van der Waals surface area contributed by atoms with Gasteiger partial charge in [0.05, 0.1) is 12.6 Å². The van der Waals surface area contributed by atoms with Crippen molar-refractivity contribution in [2.24, 2.45) is 0 Å². The normalized spacial score (nSPS) is 23.0. The Bertz CT molecular complexity index is 1140. The van der Waals surface area contributed by atoms with E-state index in [1.807, 2.05) is 4.90 Å². The van der Waals surface area contributed by atoms with Crippen LogP contribution in [0.4, 0.5) is 4.39 Å². The predicted molar refractivity (Wildman–Crippen MR) is 135 cm³/mol. The highest BCUT2D eigenvalue weighted by atomic mass is 19.1. The Hall–Kier alpha value is -2.74. The van der Waals surface area contributed by atoms with Crippen LogP contribution in [-0.2, 0) is 24.2 Å². The number of nitrogens with zero attached hydrogens (tertiary/aromatic N) is 4. The molecule has 2 aliphatic heterocycles. The van der Waals surface area contributed by atoms with Gasteiger partial charge in [-0.3, -0.25) is 14.3 Å². The molecule has 1 aromatic heterocycles. The monoisotopic (exact) mass is 496 g/mol. The number of carbonyl (C=O) groups is 2. The Morgan fingerprint density at radius 3 is 2.53 bits per heavy atom. The van der Waals surface area contributed by atoms with Crippen molar-refractivity contribution in [3.63, 3.8) is 0 Å². The van der Waals surface area contributed by atoms with Gasteiger partial charge in [-0.2, -0.15) is 5.10 Å². The number of rotatable bonds is 4. The molecular weight excluding hydrogens is 459 g/mol. The predicted octanol–water partition coefficient (Wildman–Crippen LogP) is 3.33. The number of aliphatic hydroxyl groups is 1. The van der Waals surface area contributed by atoms with E-state index in [0.29, 0.717) is 18.2 Å². The first kappa shape index (κ1) is 24.9. The van der Waals surface area contributed by atoms with Crippen molar-refractivity contribution in [2.75, 3.05) is 26.2 Å². The summed E-state index contributed by atoms with van der Waals surface area (Å²) >= 11 is 0. The molecule has 1 N–H and O–H groups in total. The standard InChI is InChI=1S/C28H37FN4O3/c1-18-6-5-8-21(19(18)2)20-10-13-31(14-11-20)26(35)17-33-24-9-4-3-7-22(24)27(30-33)28(36)32-15-12-25(34)23(29)16-32/h5-6,8,20,23,25,34H,3-4,7,9-17H2,1-2H3/t23-,25+/m0/s1. The number of halogens is 1. The average Bonchev–Trinajstić information content (AvgIpc) is 3.25. The first-order valence-electron chi connectivity index (χ1n) is 13.4. The van der Waals surface area contributed by atoms with E-state index in [1.54, 1.807) is 4.68 Å². The highest BCUT2D eigenvalue weighted by Crippen LogP contribution is 2.32. The third-order valence-electron chi connectivity index (χ3n) is 8.47. The van der Waals surface area contributed by atoms with Gasteiger partial charge >= 0.3 is 0 Å². The van der Waals surface area contributed by atoms with E-state index < -0.39 is 12.3 Å². The van der Waals surface area contributed by atoms with Crippen molar-refractivity contribution < 1.29 is 19.1 Å². The zero-order valence-corrected chi connectivity index (χ0v) is 21.4. The van der Waals surface area contributed by atoms with Crippen molar-refractivity contribution in [1.82, 2.24) is 19.6 Å². The van der Waals surface area contributed by atoms with Crippen molar-refractivity contribution in [3.8, 4) is 0 Å². The molecule has 0 unspecified atom stereocenters. The lowest BCUT2D eigenvalue weighted by Gasteiger charge is -2.33. The first-order valence-corrected chi connectivity index (χ1v) is 13.4. The van der Waals surface area contributed by atoms with Crippen LogP contribution in [0.25, 0.3) is 0 Å². The second kappa shape index (κ2) is 10.3. The molecule has 8 heteroatoms. The van der Waals surface area contributed by atoms with Crippen LogP contribution in [0.2, 0.25) is 0 Å². The van der Waals surface area contributed by atoms with Crippen molar-refractivity contribution in [2.45, 2.75) is 83.5 Å². The molecule has 2 amide bonds. The van der Waals surface area contributed by atoms with Gasteiger partial charge in [0, 0.05) is 30.9 Å². The topological polar surface area (TPSA) is 78.7 Å². The number of hydrogen-bond donors (Lipinski definition) is 1. The van der Waals surface area contributed by atoms with Crippen molar-refractivity contribution in [1.29, 1.82) is 0 Å². The number of benzene rings is 1. The number of likely N-dealkylation sites (tertiary alicyclic amines) is 2. The number of carbonyl (C=O) groups excluding carboxylic acids is 2. The number of hydrogen-bond acceptors (Lipinski definition) is 4. The molecular formula is C28H37FN4O3. The van der Waals surface area contributed by atoms with Gasteiger partial charge in [-0.1, -0.05) is 18.2 Å². The summed E-state index contributed by atoms with van der Waals surface area (Å²) in [5.41, 5.74) is 6.29. The van der Waals surface area contributed by atoms with Gasteiger partial charge in [0.2, 0.25) is 5.91 Å². The van der Waals surface area contributed by atoms with E-state index in [2.05, 4.69) is 37.1 Å². The van der Waals surface area contributed by atoms with Crippen LogP contribution in [0, 0.1) is 13.8 Å². The molecule has 2 atom stereocenters. The largest absolute Gasteiger partial charge is 0.390 e. The number of aliphatic hydroxyl groups excluding tert-OH is 1. The van der Waals surface area contributed by atoms with E-state index in [4.69, 9.17) is 0 Å². The molecule has 36 heavy (non-hydrogen) atoms. The SMILES string of the molecule is Cc1cccc(C2CCN(C(=O)Cn3nc(C(=O)N4CC[C@@H](O)[C@@H](F)C4)c4c3CCCC4)CC2)c1C. The minimum Gasteiger partial charge on any atom is -0.390 e. The van der Waals surface area contributed by atoms with Crippen LogP contribution >= 0.6 is 0 Å². The molecule has 1 aromatic carbocycles. The maximum Gasteiger partial charge on any atom is 0.274 e. The lowest BCUT2D eigenvalue weighted by Crippen LogP contribution is -2.47. The molecule has 1 aliphatic carbocycles. The molecule has 2 fully saturated rings. The summed E-state index contributed by atoms with van der Waals surface area (Å²) in [5.74, 6) is 0.218. The summed E-state index contributed by atoms with van der Waals surface area (Å²) in [6.45, 7) is 6.11. The quantitative estimate of drug-likeness (QED) is 0.704. The fourth-order valence-electron chi connectivity index (χ4n) is 6.08. The smallest absolute Gasteiger partial charge is 0.274 e. The number of fused-ring (bicyclic) bond motifs is 1. The third-order valence-corrected chi connectivity index (χ3v) is 8.47. The molecule has 2 saturated heterocycles. The molecule has 0 bridgehead atoms. The average molecular weight is 497 g/mol. The fraction of sp³-hybridized carbons (Fsp3) is 0.607. The Balaban J connectivity index is 1.27. The van der Waals surface area contributed by atoms with Gasteiger partial charge in [-0.15, -0.1) is 0 Å². The van der Waals surface area contributed by atoms with Crippen molar-refractivity contribution in [3.05, 3.63) is 51.8 Å². The van der Waals surface area contributed by atoms with Gasteiger partial charge in [0.1, 0.15) is 12.7 Å². The number of aryl methyl sites for hydroxylation is 1. The number of piperidine rings is 2. The summed E-state index contributed by atoms with van der Waals surface area (Å²) in [5, 5.41) is 14.3. The van der Waals surface area contributed by atoms with E-state index in [-0.39, 0.29) is 31.3 Å². The summed E-state index contributed by atoms with van der Waals surface area (Å²) in [6, 6.07) is 6.48. The highest BCUT2D eigenvalue weighted by molar-refractivity contribution is 5.94. The maximum absolute atomic E-state index is 14.1. The van der Waals surface area contributed by atoms with Gasteiger partial charge in [-0.25, -0.2) is 4.39 Å².